The molecule has 1 unspecified atom stereocenters. The Morgan fingerprint density at radius 2 is 1.71 bits per heavy atom. The Morgan fingerprint density at radius 3 is 2.47 bits per heavy atom. The topological polar surface area (TPSA) is 17.1 Å². The third-order valence-corrected chi connectivity index (χ3v) is 3.46. The number of benzene rings is 2. The van der Waals surface area contributed by atoms with Crippen LogP contribution in [0.3, 0.4) is 0 Å². The van der Waals surface area contributed by atoms with Gasteiger partial charge in [-0.2, -0.15) is 0 Å². The van der Waals surface area contributed by atoms with Crippen LogP contribution >= 0.6 is 0 Å². The van der Waals surface area contributed by atoms with Gasteiger partial charge in [0.25, 0.3) is 0 Å². The van der Waals surface area contributed by atoms with E-state index in [9.17, 15) is 4.79 Å². The van der Waals surface area contributed by atoms with Gasteiger partial charge in [0.15, 0.2) is 0 Å². The van der Waals surface area contributed by atoms with Crippen molar-refractivity contribution in [3.63, 3.8) is 0 Å². The molecule has 1 aliphatic rings. The van der Waals surface area contributed by atoms with E-state index >= 15 is 0 Å². The van der Waals surface area contributed by atoms with Crippen LogP contribution in [0.25, 0.3) is 0 Å². The molecule has 1 nitrogen and oxygen atoms in total. The number of hydrogen-bond donors (Lipinski definition) is 0. The van der Waals surface area contributed by atoms with Gasteiger partial charge >= 0.3 is 0 Å². The van der Waals surface area contributed by atoms with Gasteiger partial charge in [0.1, 0.15) is 5.78 Å². The van der Waals surface area contributed by atoms with E-state index in [1.165, 1.54) is 11.1 Å². The Hall–Kier alpha value is -1.89. The van der Waals surface area contributed by atoms with Gasteiger partial charge in [-0.1, -0.05) is 54.6 Å². The van der Waals surface area contributed by atoms with Crippen molar-refractivity contribution in [2.45, 2.75) is 18.8 Å². The van der Waals surface area contributed by atoms with Crippen LogP contribution in [0.4, 0.5) is 0 Å². The Bertz CT molecular complexity index is 542. The van der Waals surface area contributed by atoms with Crippen molar-refractivity contribution < 1.29 is 4.79 Å². The van der Waals surface area contributed by atoms with E-state index in [1.807, 2.05) is 42.5 Å². The Morgan fingerprint density at radius 1 is 1.00 bits per heavy atom. The summed E-state index contributed by atoms with van der Waals surface area (Å²) >= 11 is 0. The highest BCUT2D eigenvalue weighted by atomic mass is 16.1. The van der Waals surface area contributed by atoms with Crippen LogP contribution in [0.15, 0.2) is 54.6 Å². The molecule has 3 rings (SSSR count). The van der Waals surface area contributed by atoms with E-state index < -0.39 is 0 Å². The predicted octanol–water partition coefficient (Wildman–Crippen LogP) is 3.14. The average Bonchev–Trinajstić information content (AvgIpc) is 2.32. The van der Waals surface area contributed by atoms with Crippen LogP contribution in [0.2, 0.25) is 0 Å². The molecular weight excluding hydrogens is 208 g/mol. The predicted molar refractivity (Wildman–Crippen MR) is 68.0 cm³/mol. The molecule has 0 spiro atoms. The fraction of sp³-hybridized carbons (Fsp3) is 0.188. The fourth-order valence-corrected chi connectivity index (χ4v) is 2.47. The largest absolute Gasteiger partial charge is 0.299 e. The van der Waals surface area contributed by atoms with Crippen LogP contribution < -0.4 is 0 Å². The zero-order chi connectivity index (χ0) is 11.7. The van der Waals surface area contributed by atoms with E-state index in [1.54, 1.807) is 0 Å². The smallest absolute Gasteiger partial charge is 0.145 e. The van der Waals surface area contributed by atoms with Crippen molar-refractivity contribution in [3.05, 3.63) is 71.3 Å². The third kappa shape index (κ3) is 1.89. The van der Waals surface area contributed by atoms with Crippen molar-refractivity contribution >= 4 is 5.78 Å². The highest BCUT2D eigenvalue weighted by Gasteiger charge is 2.31. The number of ketones is 1. The van der Waals surface area contributed by atoms with Crippen molar-refractivity contribution in [3.8, 4) is 0 Å². The number of carbonyl (C=O) groups excluding carboxylic acids is 1. The van der Waals surface area contributed by atoms with Gasteiger partial charge in [-0.15, -0.1) is 0 Å². The molecule has 0 amide bonds. The van der Waals surface area contributed by atoms with Gasteiger partial charge in [0, 0.05) is 12.3 Å². The second-order valence-corrected chi connectivity index (χ2v) is 4.58. The van der Waals surface area contributed by atoms with Gasteiger partial charge < -0.3 is 0 Å². The second-order valence-electron chi connectivity index (χ2n) is 4.58. The molecule has 1 aliphatic carbocycles. The molecular formula is C16H14O. The van der Waals surface area contributed by atoms with Gasteiger partial charge in [-0.3, -0.25) is 4.79 Å². The summed E-state index contributed by atoms with van der Waals surface area (Å²) in [6.45, 7) is 0. The van der Waals surface area contributed by atoms with Crippen molar-refractivity contribution in [2.75, 3.05) is 0 Å². The number of carbonyl (C=O) groups is 1. The van der Waals surface area contributed by atoms with Gasteiger partial charge in [-0.25, -0.2) is 0 Å². The van der Waals surface area contributed by atoms with Crippen LogP contribution in [-0.4, -0.2) is 5.78 Å². The molecule has 0 radical (unpaired) electrons. The zero-order valence-corrected chi connectivity index (χ0v) is 9.60. The van der Waals surface area contributed by atoms with Gasteiger partial charge in [-0.05, 0) is 23.1 Å². The second kappa shape index (κ2) is 4.17. The molecule has 0 bridgehead atoms. The molecule has 0 heterocycles. The lowest BCUT2D eigenvalue weighted by Gasteiger charge is -2.28. The first kappa shape index (κ1) is 10.3. The van der Waals surface area contributed by atoms with Gasteiger partial charge in [0.05, 0.1) is 0 Å². The number of fused-ring (bicyclic) bond motifs is 1. The minimum absolute atomic E-state index is 0.131. The number of hydrogen-bond acceptors (Lipinski definition) is 1. The average molecular weight is 222 g/mol. The molecule has 2 aromatic rings. The Kier molecular flexibility index (Phi) is 2.52. The fourth-order valence-electron chi connectivity index (χ4n) is 2.47. The molecule has 0 aromatic heterocycles. The summed E-state index contributed by atoms with van der Waals surface area (Å²) < 4.78 is 0. The Labute approximate surface area is 101 Å². The molecule has 0 N–H and O–H groups in total. The standard InChI is InChI=1S/C16H14O/c17-16(10-12-6-2-1-3-7-12)15-11-13-8-4-5-9-14(13)15/h1-9,15H,10-11H2. The first-order valence-corrected chi connectivity index (χ1v) is 5.99. The maximum absolute atomic E-state index is 12.2. The van der Waals surface area contributed by atoms with Crippen LogP contribution in [0.1, 0.15) is 22.6 Å². The SMILES string of the molecule is O=C(Cc1ccccc1)C1Cc2ccccc21. The molecule has 1 heteroatoms. The summed E-state index contributed by atoms with van der Waals surface area (Å²) in [5.74, 6) is 0.473. The first-order chi connectivity index (χ1) is 8.34. The maximum Gasteiger partial charge on any atom is 0.145 e. The van der Waals surface area contributed by atoms with Crippen LogP contribution in [0.5, 0.6) is 0 Å². The number of rotatable bonds is 3. The minimum atomic E-state index is 0.131. The summed E-state index contributed by atoms with van der Waals surface area (Å²) in [6.07, 6.45) is 1.47. The van der Waals surface area contributed by atoms with E-state index in [0.717, 1.165) is 12.0 Å². The molecule has 84 valence electrons. The zero-order valence-electron chi connectivity index (χ0n) is 9.60. The summed E-state index contributed by atoms with van der Waals surface area (Å²) in [4.78, 5) is 12.2. The Balaban J connectivity index is 1.74. The van der Waals surface area contributed by atoms with Crippen LogP contribution in [-0.2, 0) is 17.6 Å². The lowest BCUT2D eigenvalue weighted by atomic mass is 9.74. The van der Waals surface area contributed by atoms with Crippen molar-refractivity contribution in [1.29, 1.82) is 0 Å². The van der Waals surface area contributed by atoms with Gasteiger partial charge in [0.2, 0.25) is 0 Å². The van der Waals surface area contributed by atoms with E-state index in [0.29, 0.717) is 12.2 Å². The molecule has 0 aliphatic heterocycles. The van der Waals surface area contributed by atoms with E-state index in [2.05, 4.69) is 12.1 Å². The lowest BCUT2D eigenvalue weighted by molar-refractivity contribution is -0.120. The molecule has 1 atom stereocenters. The quantitative estimate of drug-likeness (QED) is 0.779. The van der Waals surface area contributed by atoms with Crippen LogP contribution in [0, 0.1) is 0 Å². The van der Waals surface area contributed by atoms with E-state index in [4.69, 9.17) is 0 Å². The molecule has 2 aromatic carbocycles. The molecule has 0 saturated heterocycles. The first-order valence-electron chi connectivity index (χ1n) is 5.99. The molecule has 17 heavy (non-hydrogen) atoms. The third-order valence-electron chi connectivity index (χ3n) is 3.46. The summed E-state index contributed by atoms with van der Waals surface area (Å²) in [7, 11) is 0. The molecule has 0 fully saturated rings. The van der Waals surface area contributed by atoms with Crippen molar-refractivity contribution in [2.24, 2.45) is 0 Å². The monoisotopic (exact) mass is 222 g/mol. The summed E-state index contributed by atoms with van der Waals surface area (Å²) in [5.41, 5.74) is 3.68. The normalized spacial score (nSPS) is 17.1. The highest BCUT2D eigenvalue weighted by Crippen LogP contribution is 2.35. The maximum atomic E-state index is 12.2. The highest BCUT2D eigenvalue weighted by molar-refractivity contribution is 5.90. The summed E-state index contributed by atoms with van der Waals surface area (Å²) in [6, 6.07) is 18.2. The molecule has 0 saturated carbocycles. The number of Topliss-reactive ketones (excluding diaryl/α,β-unsaturated/α-hetero) is 1. The summed E-state index contributed by atoms with van der Waals surface area (Å²) in [5, 5.41) is 0. The van der Waals surface area contributed by atoms with Crippen molar-refractivity contribution in [1.82, 2.24) is 0 Å². The minimum Gasteiger partial charge on any atom is -0.299 e. The van der Waals surface area contributed by atoms with E-state index in [-0.39, 0.29) is 5.92 Å². The lowest BCUT2D eigenvalue weighted by Crippen LogP contribution is -2.26.